The van der Waals surface area contributed by atoms with Gasteiger partial charge in [-0.05, 0) is 48.9 Å². The van der Waals surface area contributed by atoms with Crippen molar-refractivity contribution in [2.45, 2.75) is 16.7 Å². The molecule has 186 valence electrons. The summed E-state index contributed by atoms with van der Waals surface area (Å²) in [5, 5.41) is 9.76. The predicted molar refractivity (Wildman–Crippen MR) is 131 cm³/mol. The van der Waals surface area contributed by atoms with E-state index in [4.69, 9.17) is 8.92 Å². The molecule has 1 N–H and O–H groups in total. The van der Waals surface area contributed by atoms with Crippen LogP contribution in [0.4, 0.5) is 5.69 Å². The Morgan fingerprint density at radius 1 is 0.829 bits per heavy atom. The number of rotatable bonds is 7. The number of piperazine rings is 1. The van der Waals surface area contributed by atoms with E-state index in [9.17, 15) is 21.9 Å². The summed E-state index contributed by atoms with van der Waals surface area (Å²) in [4.78, 5) is 1.21. The van der Waals surface area contributed by atoms with E-state index in [0.29, 0.717) is 24.4 Å². The molecule has 0 aromatic heterocycles. The number of nitrogens with zero attached hydrogens (tertiary/aromatic N) is 2. The molecule has 0 unspecified atom stereocenters. The van der Waals surface area contributed by atoms with Crippen molar-refractivity contribution in [2.24, 2.45) is 0 Å². The largest absolute Gasteiger partial charge is 0.508 e. The second-order valence-electron chi connectivity index (χ2n) is 8.05. The van der Waals surface area contributed by atoms with Gasteiger partial charge in [-0.15, -0.1) is 0 Å². The summed E-state index contributed by atoms with van der Waals surface area (Å²) < 4.78 is 65.0. The molecule has 3 aromatic rings. The molecule has 0 bridgehead atoms. The first kappa shape index (κ1) is 24.8. The Hall–Kier alpha value is -3.28. The molecule has 1 fully saturated rings. The number of sulfonamides is 1. The van der Waals surface area contributed by atoms with Crippen LogP contribution in [0.3, 0.4) is 0 Å². The van der Waals surface area contributed by atoms with E-state index in [1.165, 1.54) is 40.7 Å². The van der Waals surface area contributed by atoms with Gasteiger partial charge in [-0.1, -0.05) is 24.3 Å². The highest BCUT2D eigenvalue weighted by atomic mass is 32.2. The minimum Gasteiger partial charge on any atom is -0.508 e. The molecule has 9 nitrogen and oxygen atoms in total. The molecule has 0 saturated carbocycles. The van der Waals surface area contributed by atoms with Gasteiger partial charge in [-0.2, -0.15) is 12.7 Å². The lowest BCUT2D eigenvalue weighted by Crippen LogP contribution is -2.49. The third-order valence-electron chi connectivity index (χ3n) is 5.64. The first-order chi connectivity index (χ1) is 16.6. The Kier molecular flexibility index (Phi) is 6.93. The van der Waals surface area contributed by atoms with Crippen LogP contribution in [0.1, 0.15) is 5.56 Å². The van der Waals surface area contributed by atoms with Crippen molar-refractivity contribution in [2.75, 3.05) is 38.2 Å². The van der Waals surface area contributed by atoms with Crippen LogP contribution in [-0.2, 0) is 20.1 Å². The first-order valence-corrected chi connectivity index (χ1v) is 13.7. The number of phenols is 1. The number of benzene rings is 3. The molecule has 1 aliphatic heterocycles. The maximum Gasteiger partial charge on any atom is 0.340 e. The molecular weight excluding hydrogens is 492 g/mol. The van der Waals surface area contributed by atoms with E-state index < -0.39 is 25.0 Å². The van der Waals surface area contributed by atoms with E-state index >= 15 is 0 Å². The average molecular weight is 519 g/mol. The number of anilines is 1. The molecule has 0 amide bonds. The normalized spacial score (nSPS) is 15.1. The third kappa shape index (κ3) is 5.21. The van der Waals surface area contributed by atoms with Crippen LogP contribution in [0.15, 0.2) is 76.5 Å². The summed E-state index contributed by atoms with van der Waals surface area (Å²) in [5.74, 6) is 0.420. The summed E-state index contributed by atoms with van der Waals surface area (Å²) >= 11 is 0. The zero-order chi connectivity index (χ0) is 25.2. The van der Waals surface area contributed by atoms with Crippen LogP contribution in [-0.4, -0.2) is 59.5 Å². The molecule has 1 aliphatic rings. The van der Waals surface area contributed by atoms with Gasteiger partial charge in [-0.25, -0.2) is 8.42 Å². The highest BCUT2D eigenvalue weighted by Crippen LogP contribution is 2.32. The van der Waals surface area contributed by atoms with E-state index in [1.807, 2.05) is 29.2 Å². The number of hydrogen-bond donors (Lipinski definition) is 1. The second-order valence-corrected chi connectivity index (χ2v) is 11.5. The van der Waals surface area contributed by atoms with Gasteiger partial charge < -0.3 is 18.9 Å². The van der Waals surface area contributed by atoms with E-state index in [1.54, 1.807) is 14.0 Å². The van der Waals surface area contributed by atoms with E-state index in [0.717, 1.165) is 11.8 Å². The average Bonchev–Trinajstić information content (AvgIpc) is 2.83. The highest BCUT2D eigenvalue weighted by molar-refractivity contribution is 7.91. The monoisotopic (exact) mass is 518 g/mol. The molecule has 11 heteroatoms. The zero-order valence-electron chi connectivity index (χ0n) is 19.3. The van der Waals surface area contributed by atoms with Gasteiger partial charge >= 0.3 is 10.1 Å². The van der Waals surface area contributed by atoms with Gasteiger partial charge in [0.05, 0.1) is 12.8 Å². The van der Waals surface area contributed by atoms with Crippen LogP contribution in [0.25, 0.3) is 0 Å². The van der Waals surface area contributed by atoms with E-state index in [-0.39, 0.29) is 29.5 Å². The van der Waals surface area contributed by atoms with Crippen LogP contribution in [0, 0.1) is 6.92 Å². The summed E-state index contributed by atoms with van der Waals surface area (Å²) in [5.41, 5.74) is 1.45. The second kappa shape index (κ2) is 9.76. The summed E-state index contributed by atoms with van der Waals surface area (Å²) in [7, 11) is -7.06. The Bertz CT molecular complexity index is 1410. The minimum atomic E-state index is -4.51. The molecule has 1 saturated heterocycles. The Labute approximate surface area is 205 Å². The number of methoxy groups -OCH3 is 1. The Morgan fingerprint density at radius 3 is 2.11 bits per heavy atom. The fourth-order valence-corrected chi connectivity index (χ4v) is 7.13. The predicted octanol–water partition coefficient (Wildman–Crippen LogP) is 2.99. The quantitative estimate of drug-likeness (QED) is 0.475. The maximum absolute atomic E-state index is 13.5. The van der Waals surface area contributed by atoms with Crippen molar-refractivity contribution in [3.63, 3.8) is 0 Å². The third-order valence-corrected chi connectivity index (χ3v) is 9.03. The maximum atomic E-state index is 13.5. The molecule has 0 radical (unpaired) electrons. The van der Waals surface area contributed by atoms with Crippen LogP contribution >= 0.6 is 0 Å². The van der Waals surface area contributed by atoms with Gasteiger partial charge in [0.25, 0.3) is 0 Å². The van der Waals surface area contributed by atoms with Crippen LogP contribution in [0.2, 0.25) is 0 Å². The lowest BCUT2D eigenvalue weighted by Gasteiger charge is -2.36. The lowest BCUT2D eigenvalue weighted by molar-refractivity contribution is 0.377. The molecule has 35 heavy (non-hydrogen) atoms. The Balaban J connectivity index is 1.59. The van der Waals surface area contributed by atoms with Crippen molar-refractivity contribution in [1.82, 2.24) is 4.31 Å². The molecular formula is C24H26N2O7S2. The smallest absolute Gasteiger partial charge is 0.340 e. The topological polar surface area (TPSA) is 113 Å². The molecule has 0 spiro atoms. The van der Waals surface area contributed by atoms with Crippen molar-refractivity contribution < 1.29 is 30.9 Å². The lowest BCUT2D eigenvalue weighted by atomic mass is 10.2. The SMILES string of the molecule is COc1ccccc1N1CCN(S(=O)(=O)c2ccccc2S(=O)(=O)Oc2cc(C)cc(O)c2)CC1. The number of phenolic OH excluding ortho intramolecular Hbond substituents is 1. The van der Waals surface area contributed by atoms with Crippen LogP contribution in [0.5, 0.6) is 17.2 Å². The van der Waals surface area contributed by atoms with E-state index in [2.05, 4.69) is 0 Å². The molecule has 0 atom stereocenters. The van der Waals surface area contributed by atoms with Gasteiger partial charge in [-0.3, -0.25) is 0 Å². The number of para-hydroxylation sites is 2. The number of hydrogen-bond acceptors (Lipinski definition) is 8. The van der Waals surface area contributed by atoms with Gasteiger partial charge in [0.1, 0.15) is 27.0 Å². The molecule has 1 heterocycles. The molecule has 3 aromatic carbocycles. The van der Waals surface area contributed by atoms with Gasteiger partial charge in [0.2, 0.25) is 10.0 Å². The number of aryl methyl sites for hydroxylation is 1. The number of ether oxygens (including phenoxy) is 1. The van der Waals surface area contributed by atoms with Crippen molar-refractivity contribution >= 4 is 25.8 Å². The highest BCUT2D eigenvalue weighted by Gasteiger charge is 2.34. The van der Waals surface area contributed by atoms with Gasteiger partial charge in [0, 0.05) is 32.2 Å². The Morgan fingerprint density at radius 2 is 1.46 bits per heavy atom. The fraction of sp³-hybridized carbons (Fsp3) is 0.250. The van der Waals surface area contributed by atoms with Crippen molar-refractivity contribution in [3.8, 4) is 17.2 Å². The fourth-order valence-electron chi connectivity index (χ4n) is 4.02. The summed E-state index contributed by atoms with van der Waals surface area (Å²) in [6.07, 6.45) is 0. The minimum absolute atomic E-state index is 0.111. The summed E-state index contributed by atoms with van der Waals surface area (Å²) in [6, 6.07) is 16.9. The standard InChI is InChI=1S/C24H26N2O7S2/c1-18-15-19(27)17-20(16-18)33-35(30,31)24-10-6-5-9-23(24)34(28,29)26-13-11-25(12-14-26)21-7-3-4-8-22(21)32-2/h3-10,15-17,27H,11-14H2,1-2H3. The zero-order valence-corrected chi connectivity index (χ0v) is 20.9. The van der Waals surface area contributed by atoms with Crippen molar-refractivity contribution in [1.29, 1.82) is 0 Å². The van der Waals surface area contributed by atoms with Crippen molar-refractivity contribution in [3.05, 3.63) is 72.3 Å². The summed E-state index contributed by atoms with van der Waals surface area (Å²) in [6.45, 7) is 2.83. The number of aromatic hydroxyl groups is 1. The molecule has 0 aliphatic carbocycles. The van der Waals surface area contributed by atoms with Gasteiger partial charge in [0.15, 0.2) is 0 Å². The first-order valence-electron chi connectivity index (χ1n) is 10.8. The van der Waals surface area contributed by atoms with Crippen LogP contribution < -0.4 is 13.8 Å². The molecule has 4 rings (SSSR count).